The summed E-state index contributed by atoms with van der Waals surface area (Å²) in [7, 11) is 3.08. The largest absolute Gasteiger partial charge is 0.493 e. The summed E-state index contributed by atoms with van der Waals surface area (Å²) in [6.45, 7) is 0. The minimum atomic E-state index is -0.439. The van der Waals surface area contributed by atoms with Crippen molar-refractivity contribution in [3.8, 4) is 11.5 Å². The Bertz CT molecular complexity index is 1360. The minimum Gasteiger partial charge on any atom is -0.493 e. The second kappa shape index (κ2) is 9.68. The molecule has 3 aromatic rings. The number of methoxy groups -OCH3 is 2. The number of benzene rings is 3. The molecule has 0 spiro atoms. The van der Waals surface area contributed by atoms with Crippen LogP contribution in [0.1, 0.15) is 37.4 Å². The fourth-order valence-corrected chi connectivity index (χ4v) is 3.84. The van der Waals surface area contributed by atoms with Gasteiger partial charge >= 0.3 is 0 Å². The van der Waals surface area contributed by atoms with Crippen molar-refractivity contribution in [2.24, 2.45) is 0 Å². The van der Waals surface area contributed by atoms with Crippen molar-refractivity contribution in [3.63, 3.8) is 0 Å². The van der Waals surface area contributed by atoms with Gasteiger partial charge in [0.1, 0.15) is 0 Å². The van der Waals surface area contributed by atoms with Crippen LogP contribution >= 0.6 is 12.2 Å². The summed E-state index contributed by atoms with van der Waals surface area (Å²) in [6, 6.07) is 16.8. The lowest BCUT2D eigenvalue weighted by atomic mass is 9.84. The maximum Gasteiger partial charge on any atom is 0.250 e. The van der Waals surface area contributed by atoms with Gasteiger partial charge in [-0.3, -0.25) is 19.7 Å². The van der Waals surface area contributed by atoms with E-state index in [2.05, 4.69) is 10.6 Å². The fourth-order valence-electron chi connectivity index (χ4n) is 3.62. The third kappa shape index (κ3) is 4.57. The summed E-state index contributed by atoms with van der Waals surface area (Å²) in [4.78, 5) is 37.9. The zero-order valence-electron chi connectivity index (χ0n) is 18.4. The normalized spacial score (nSPS) is 12.1. The van der Waals surface area contributed by atoms with E-state index < -0.39 is 5.91 Å². The molecular formula is C26H20N2O5S. The first kappa shape index (κ1) is 22.9. The predicted octanol–water partition coefficient (Wildman–Crippen LogP) is 4.01. The number of hydrogen-bond donors (Lipinski definition) is 2. The van der Waals surface area contributed by atoms with E-state index in [-0.39, 0.29) is 22.2 Å². The van der Waals surface area contributed by atoms with Gasteiger partial charge in [-0.05, 0) is 54.2 Å². The molecule has 0 saturated carbocycles. The maximum atomic E-state index is 12.9. The molecule has 8 heteroatoms. The number of rotatable bonds is 5. The number of nitrogens with one attached hydrogen (secondary N) is 2. The van der Waals surface area contributed by atoms with E-state index in [1.54, 1.807) is 73.8 Å². The molecule has 0 bridgehead atoms. The summed E-state index contributed by atoms with van der Waals surface area (Å²) in [5.41, 5.74) is 2.61. The van der Waals surface area contributed by atoms with E-state index in [1.807, 2.05) is 0 Å². The minimum absolute atomic E-state index is 0.0527. The second-order valence-electron chi connectivity index (χ2n) is 7.36. The average Bonchev–Trinajstić information content (AvgIpc) is 2.85. The summed E-state index contributed by atoms with van der Waals surface area (Å²) in [5, 5.41) is 5.48. The van der Waals surface area contributed by atoms with Crippen LogP contribution in [0.2, 0.25) is 0 Å². The molecule has 1 amide bonds. The van der Waals surface area contributed by atoms with Gasteiger partial charge in [-0.1, -0.05) is 30.3 Å². The van der Waals surface area contributed by atoms with Crippen LogP contribution in [0.3, 0.4) is 0 Å². The summed E-state index contributed by atoms with van der Waals surface area (Å²) in [6.07, 6.45) is 2.95. The smallest absolute Gasteiger partial charge is 0.250 e. The number of ketones is 2. The summed E-state index contributed by atoms with van der Waals surface area (Å²) >= 11 is 5.22. The SMILES string of the molecule is COc1ccc(C=CC(=O)NC(=S)Nc2ccc3c(c2)C(=O)c2ccccc2C3=O)cc1OC. The number of carbonyl (C=O) groups excluding carboxylic acids is 3. The Labute approximate surface area is 201 Å². The van der Waals surface area contributed by atoms with Gasteiger partial charge in [0.15, 0.2) is 28.2 Å². The number of carbonyl (C=O) groups is 3. The Morgan fingerprint density at radius 3 is 2.15 bits per heavy atom. The van der Waals surface area contributed by atoms with E-state index in [1.165, 1.54) is 13.2 Å². The Morgan fingerprint density at radius 1 is 0.824 bits per heavy atom. The van der Waals surface area contributed by atoms with Gasteiger partial charge < -0.3 is 14.8 Å². The molecular weight excluding hydrogens is 452 g/mol. The third-order valence-electron chi connectivity index (χ3n) is 5.25. The highest BCUT2D eigenvalue weighted by Gasteiger charge is 2.29. The van der Waals surface area contributed by atoms with Crippen LogP contribution in [-0.2, 0) is 4.79 Å². The molecule has 0 unspecified atom stereocenters. The van der Waals surface area contributed by atoms with Gasteiger partial charge in [0.2, 0.25) is 5.91 Å². The van der Waals surface area contributed by atoms with Gasteiger partial charge in [0.05, 0.1) is 14.2 Å². The first-order valence-corrected chi connectivity index (χ1v) is 10.7. The van der Waals surface area contributed by atoms with Crippen LogP contribution in [0, 0.1) is 0 Å². The van der Waals surface area contributed by atoms with Crippen molar-refractivity contribution >= 4 is 46.6 Å². The standard InChI is InChI=1S/C26H20N2O5S/c1-32-21-11-7-15(13-22(21)33-2)8-12-23(29)28-26(34)27-16-9-10-19-20(14-16)25(31)18-6-4-3-5-17(18)24(19)30/h3-14H,1-2H3,(H2,27,28,29,34). The predicted molar refractivity (Wildman–Crippen MR) is 133 cm³/mol. The molecule has 3 aromatic carbocycles. The first-order valence-electron chi connectivity index (χ1n) is 10.3. The quantitative estimate of drug-likeness (QED) is 0.335. The van der Waals surface area contributed by atoms with Gasteiger partial charge in [-0.25, -0.2) is 0 Å². The van der Waals surface area contributed by atoms with Crippen LogP contribution in [0.4, 0.5) is 5.69 Å². The zero-order chi connectivity index (χ0) is 24.2. The number of amides is 1. The van der Waals surface area contributed by atoms with E-state index in [9.17, 15) is 14.4 Å². The van der Waals surface area contributed by atoms with Crippen LogP contribution in [0.5, 0.6) is 11.5 Å². The highest BCUT2D eigenvalue weighted by molar-refractivity contribution is 7.80. The lowest BCUT2D eigenvalue weighted by Gasteiger charge is -2.18. The van der Waals surface area contributed by atoms with Gasteiger partial charge in [0, 0.05) is 34.0 Å². The molecule has 0 saturated heterocycles. The van der Waals surface area contributed by atoms with Crippen molar-refractivity contribution in [3.05, 3.63) is 94.6 Å². The monoisotopic (exact) mass is 472 g/mol. The number of hydrogen-bond acceptors (Lipinski definition) is 6. The summed E-state index contributed by atoms with van der Waals surface area (Å²) < 4.78 is 10.4. The molecule has 1 aliphatic rings. The number of thiocarbonyl (C=S) groups is 1. The van der Waals surface area contributed by atoms with Crippen LogP contribution in [0.25, 0.3) is 6.08 Å². The highest BCUT2D eigenvalue weighted by atomic mass is 32.1. The Kier molecular flexibility index (Phi) is 6.51. The molecule has 0 aromatic heterocycles. The van der Waals surface area contributed by atoms with Crippen molar-refractivity contribution in [1.29, 1.82) is 0 Å². The molecule has 7 nitrogen and oxygen atoms in total. The zero-order valence-corrected chi connectivity index (χ0v) is 19.2. The molecule has 0 radical (unpaired) electrons. The molecule has 0 heterocycles. The first-order chi connectivity index (χ1) is 16.4. The van der Waals surface area contributed by atoms with Gasteiger partial charge in [0.25, 0.3) is 0 Å². The number of fused-ring (bicyclic) bond motifs is 2. The Hall–Kier alpha value is -4.30. The van der Waals surface area contributed by atoms with Crippen LogP contribution in [0.15, 0.2) is 66.7 Å². The van der Waals surface area contributed by atoms with Crippen molar-refractivity contribution in [2.75, 3.05) is 19.5 Å². The van der Waals surface area contributed by atoms with Crippen molar-refractivity contribution < 1.29 is 23.9 Å². The molecule has 1 aliphatic carbocycles. The van der Waals surface area contributed by atoms with Crippen molar-refractivity contribution in [2.45, 2.75) is 0 Å². The topological polar surface area (TPSA) is 93.7 Å². The van der Waals surface area contributed by atoms with Crippen LogP contribution in [-0.4, -0.2) is 36.8 Å². The molecule has 4 rings (SSSR count). The Morgan fingerprint density at radius 2 is 1.47 bits per heavy atom. The molecule has 2 N–H and O–H groups in total. The van der Waals surface area contributed by atoms with E-state index >= 15 is 0 Å². The number of anilines is 1. The van der Waals surface area contributed by atoms with Crippen molar-refractivity contribution in [1.82, 2.24) is 5.32 Å². The lowest BCUT2D eigenvalue weighted by molar-refractivity contribution is -0.115. The number of ether oxygens (including phenoxy) is 2. The fraction of sp³-hybridized carbons (Fsp3) is 0.0769. The molecule has 0 aliphatic heterocycles. The highest BCUT2D eigenvalue weighted by Crippen LogP contribution is 2.29. The summed E-state index contributed by atoms with van der Waals surface area (Å²) in [5.74, 6) is 0.258. The average molecular weight is 473 g/mol. The van der Waals surface area contributed by atoms with Gasteiger partial charge in [-0.15, -0.1) is 0 Å². The molecule has 170 valence electrons. The van der Waals surface area contributed by atoms with E-state index in [0.29, 0.717) is 33.9 Å². The third-order valence-corrected chi connectivity index (χ3v) is 5.46. The molecule has 0 atom stereocenters. The van der Waals surface area contributed by atoms with E-state index in [4.69, 9.17) is 21.7 Å². The maximum absolute atomic E-state index is 12.9. The van der Waals surface area contributed by atoms with Gasteiger partial charge in [-0.2, -0.15) is 0 Å². The molecule has 0 fully saturated rings. The van der Waals surface area contributed by atoms with Crippen LogP contribution < -0.4 is 20.1 Å². The lowest BCUT2D eigenvalue weighted by Crippen LogP contribution is -2.33. The molecule has 34 heavy (non-hydrogen) atoms. The Balaban J connectivity index is 1.43. The second-order valence-corrected chi connectivity index (χ2v) is 7.76. The van der Waals surface area contributed by atoms with E-state index in [0.717, 1.165) is 5.56 Å².